The summed E-state index contributed by atoms with van der Waals surface area (Å²) in [5.74, 6) is -0.556. The molecule has 0 aromatic carbocycles. The second kappa shape index (κ2) is 6.96. The zero-order valence-corrected chi connectivity index (χ0v) is 16.6. The fourth-order valence-electron chi connectivity index (χ4n) is 2.76. The van der Waals surface area contributed by atoms with Gasteiger partial charge in [-0.1, -0.05) is 0 Å². The molecule has 138 valence electrons. The number of hydrogen-bond acceptors (Lipinski definition) is 6. The molecule has 1 atom stereocenters. The van der Waals surface area contributed by atoms with Crippen molar-refractivity contribution in [2.75, 3.05) is 6.54 Å². The van der Waals surface area contributed by atoms with E-state index in [1.54, 1.807) is 24.1 Å². The molecule has 0 fully saturated rings. The van der Waals surface area contributed by atoms with Crippen LogP contribution in [0.2, 0.25) is 5.28 Å². The highest BCUT2D eigenvalue weighted by atomic mass is 35.5. The first kappa shape index (κ1) is 18.8. The van der Waals surface area contributed by atoms with E-state index in [0.29, 0.717) is 24.2 Å². The molecular weight excluding hydrogens is 374 g/mol. The number of fused-ring (bicyclic) bond motifs is 1. The molecule has 3 rings (SSSR count). The highest BCUT2D eigenvalue weighted by Gasteiger charge is 2.35. The van der Waals surface area contributed by atoms with E-state index in [0.717, 1.165) is 9.75 Å². The number of nitrogens with zero attached hydrogens (tertiary/aromatic N) is 3. The van der Waals surface area contributed by atoms with Gasteiger partial charge in [-0.2, -0.15) is 0 Å². The van der Waals surface area contributed by atoms with Gasteiger partial charge in [0.25, 0.3) is 5.91 Å². The topological polar surface area (TPSA) is 72.4 Å². The molecule has 6 nitrogen and oxygen atoms in total. The number of amides is 1. The molecule has 1 aliphatic rings. The molecular formula is C18H20ClN3O3S. The molecule has 1 unspecified atom stereocenters. The summed E-state index contributed by atoms with van der Waals surface area (Å²) in [7, 11) is 0. The van der Waals surface area contributed by atoms with Gasteiger partial charge in [-0.05, 0) is 51.4 Å². The molecule has 2 aromatic rings. The van der Waals surface area contributed by atoms with Crippen molar-refractivity contribution in [2.24, 2.45) is 0 Å². The smallest absolute Gasteiger partial charge is 0.329 e. The van der Waals surface area contributed by atoms with Gasteiger partial charge in [-0.3, -0.25) is 4.79 Å². The van der Waals surface area contributed by atoms with E-state index in [1.165, 1.54) is 11.3 Å². The third-order valence-electron chi connectivity index (χ3n) is 3.97. The summed E-state index contributed by atoms with van der Waals surface area (Å²) < 4.78 is 5.41. The monoisotopic (exact) mass is 393 g/mol. The third kappa shape index (κ3) is 3.88. The van der Waals surface area contributed by atoms with E-state index in [9.17, 15) is 9.59 Å². The van der Waals surface area contributed by atoms with E-state index in [4.69, 9.17) is 16.3 Å². The van der Waals surface area contributed by atoms with Crippen LogP contribution in [0.25, 0.3) is 10.6 Å². The Kier molecular flexibility index (Phi) is 5.03. The summed E-state index contributed by atoms with van der Waals surface area (Å²) in [4.78, 5) is 36.7. The normalized spacial score (nSPS) is 15.6. The number of halogens is 1. The van der Waals surface area contributed by atoms with Crippen molar-refractivity contribution < 1.29 is 14.3 Å². The Balaban J connectivity index is 1.83. The Morgan fingerprint density at radius 3 is 2.81 bits per heavy atom. The predicted octanol–water partition coefficient (Wildman–Crippen LogP) is 3.59. The second-order valence-corrected chi connectivity index (χ2v) is 8.59. The molecule has 0 N–H and O–H groups in total. The molecule has 0 radical (unpaired) electrons. The van der Waals surface area contributed by atoms with E-state index in [-0.39, 0.29) is 11.2 Å². The molecule has 0 bridgehead atoms. The molecule has 8 heteroatoms. The van der Waals surface area contributed by atoms with Crippen LogP contribution >= 0.6 is 22.9 Å². The van der Waals surface area contributed by atoms with Crippen molar-refractivity contribution in [3.8, 4) is 10.6 Å². The Bertz CT molecular complexity index is 860. The summed E-state index contributed by atoms with van der Waals surface area (Å²) >= 11 is 7.38. The van der Waals surface area contributed by atoms with E-state index >= 15 is 0 Å². The Morgan fingerprint density at radius 2 is 2.15 bits per heavy atom. The molecule has 1 amide bonds. The molecule has 1 aliphatic heterocycles. The van der Waals surface area contributed by atoms with Crippen LogP contribution in [0.5, 0.6) is 0 Å². The highest BCUT2D eigenvalue weighted by Crippen LogP contribution is 2.34. The minimum absolute atomic E-state index is 0.160. The van der Waals surface area contributed by atoms with E-state index in [2.05, 4.69) is 9.97 Å². The van der Waals surface area contributed by atoms with Gasteiger partial charge in [0, 0.05) is 24.0 Å². The number of aromatic nitrogens is 2. The van der Waals surface area contributed by atoms with Gasteiger partial charge < -0.3 is 9.64 Å². The first-order chi connectivity index (χ1) is 12.2. The van der Waals surface area contributed by atoms with Crippen molar-refractivity contribution in [3.05, 3.63) is 34.1 Å². The fraction of sp³-hybridized carbons (Fsp3) is 0.444. The first-order valence-electron chi connectivity index (χ1n) is 8.31. The van der Waals surface area contributed by atoms with Gasteiger partial charge in [0.15, 0.2) is 0 Å². The average Bonchev–Trinajstić information content (AvgIpc) is 2.98. The van der Waals surface area contributed by atoms with Crippen molar-refractivity contribution in [1.29, 1.82) is 0 Å². The van der Waals surface area contributed by atoms with Crippen LogP contribution in [0.4, 0.5) is 0 Å². The fourth-order valence-corrected chi connectivity index (χ4v) is 4.01. The average molecular weight is 394 g/mol. The van der Waals surface area contributed by atoms with Gasteiger partial charge in [-0.25, -0.2) is 14.8 Å². The predicted molar refractivity (Wildman–Crippen MR) is 100 cm³/mol. The van der Waals surface area contributed by atoms with Crippen LogP contribution < -0.4 is 0 Å². The lowest BCUT2D eigenvalue weighted by Gasteiger charge is -2.32. The maximum Gasteiger partial charge on any atom is 0.329 e. The van der Waals surface area contributed by atoms with Crippen LogP contribution in [-0.4, -0.2) is 44.9 Å². The summed E-state index contributed by atoms with van der Waals surface area (Å²) in [5.41, 5.74) is 0.710. The highest BCUT2D eigenvalue weighted by molar-refractivity contribution is 7.15. The molecule has 0 aliphatic carbocycles. The quantitative estimate of drug-likeness (QED) is 0.588. The SMILES string of the molecule is CC(C(=O)OC(C)(C)C)N1CCc2sc(-c3ccnc(Cl)n3)cc2C1=O. The molecule has 26 heavy (non-hydrogen) atoms. The van der Waals surface area contributed by atoms with Crippen molar-refractivity contribution in [3.63, 3.8) is 0 Å². The Hall–Kier alpha value is -1.99. The van der Waals surface area contributed by atoms with Crippen molar-refractivity contribution >= 4 is 34.8 Å². The van der Waals surface area contributed by atoms with Gasteiger partial charge in [0.1, 0.15) is 11.6 Å². The van der Waals surface area contributed by atoms with Gasteiger partial charge in [0.2, 0.25) is 5.28 Å². The maximum atomic E-state index is 12.9. The van der Waals surface area contributed by atoms with E-state index in [1.807, 2.05) is 26.8 Å². The Morgan fingerprint density at radius 1 is 1.42 bits per heavy atom. The van der Waals surface area contributed by atoms with Crippen molar-refractivity contribution in [2.45, 2.75) is 45.8 Å². The number of carbonyl (C=O) groups excluding carboxylic acids is 2. The lowest BCUT2D eigenvalue weighted by atomic mass is 10.1. The lowest BCUT2D eigenvalue weighted by molar-refractivity contribution is -0.159. The summed E-state index contributed by atoms with van der Waals surface area (Å²) in [6.45, 7) is 7.62. The van der Waals surface area contributed by atoms with Gasteiger partial charge in [0.05, 0.1) is 16.1 Å². The number of rotatable bonds is 3. The largest absolute Gasteiger partial charge is 0.458 e. The summed E-state index contributed by atoms with van der Waals surface area (Å²) in [6.07, 6.45) is 2.28. The number of ether oxygens (including phenoxy) is 1. The number of esters is 1. The number of hydrogen-bond donors (Lipinski definition) is 0. The molecule has 0 saturated heterocycles. The second-order valence-electron chi connectivity index (χ2n) is 7.12. The van der Waals surface area contributed by atoms with Crippen LogP contribution in [0.15, 0.2) is 18.3 Å². The third-order valence-corrected chi connectivity index (χ3v) is 5.37. The lowest BCUT2D eigenvalue weighted by Crippen LogP contribution is -2.48. The zero-order chi connectivity index (χ0) is 19.1. The summed E-state index contributed by atoms with van der Waals surface area (Å²) in [5, 5.41) is 0.167. The van der Waals surface area contributed by atoms with Crippen LogP contribution in [-0.2, 0) is 16.0 Å². The molecule has 3 heterocycles. The van der Waals surface area contributed by atoms with E-state index < -0.39 is 17.6 Å². The molecule has 2 aromatic heterocycles. The van der Waals surface area contributed by atoms with Crippen molar-refractivity contribution in [1.82, 2.24) is 14.9 Å². The van der Waals surface area contributed by atoms with Crippen LogP contribution in [0.3, 0.4) is 0 Å². The van der Waals surface area contributed by atoms with Crippen LogP contribution in [0, 0.1) is 0 Å². The summed E-state index contributed by atoms with van der Waals surface area (Å²) in [6, 6.07) is 2.94. The minimum atomic E-state index is -0.633. The van der Waals surface area contributed by atoms with Crippen LogP contribution in [0.1, 0.15) is 42.9 Å². The standard InChI is InChI=1S/C18H20ClN3O3S/c1-10(16(24)25-18(2,3)4)22-8-6-13-11(15(22)23)9-14(26-13)12-5-7-20-17(19)21-12/h5,7,9-10H,6,8H2,1-4H3. The van der Waals surface area contributed by atoms with Gasteiger partial charge >= 0.3 is 5.97 Å². The maximum absolute atomic E-state index is 12.9. The Labute approximate surface area is 161 Å². The first-order valence-corrected chi connectivity index (χ1v) is 9.50. The molecule has 0 spiro atoms. The van der Waals surface area contributed by atoms with Gasteiger partial charge in [-0.15, -0.1) is 11.3 Å². The zero-order valence-electron chi connectivity index (χ0n) is 15.1. The molecule has 0 saturated carbocycles. The number of carbonyl (C=O) groups is 2. The number of thiophene rings is 1. The minimum Gasteiger partial charge on any atom is -0.458 e.